The van der Waals surface area contributed by atoms with E-state index < -0.39 is 5.97 Å². The predicted octanol–water partition coefficient (Wildman–Crippen LogP) is 5.50. The molecule has 0 fully saturated rings. The van der Waals surface area contributed by atoms with Crippen LogP contribution in [0.25, 0.3) is 33.5 Å². The Morgan fingerprint density at radius 3 is 2.72 bits per heavy atom. The number of nitrogens with two attached hydrogens (primary N) is 1. The Kier molecular flexibility index (Phi) is 4.94. The van der Waals surface area contributed by atoms with Crippen molar-refractivity contribution in [2.45, 2.75) is 19.9 Å². The van der Waals surface area contributed by atoms with Gasteiger partial charge in [0.25, 0.3) is 0 Å². The Labute approximate surface area is 191 Å². The largest absolute Gasteiger partial charge is 0.477 e. The fraction of sp³-hybridized carbons (Fsp3) is 0.125. The summed E-state index contributed by atoms with van der Waals surface area (Å²) in [7, 11) is 0. The van der Waals surface area contributed by atoms with Gasteiger partial charge in [-0.15, -0.1) is 0 Å². The zero-order valence-electron chi connectivity index (χ0n) is 17.2. The maximum absolute atomic E-state index is 11.4. The lowest BCUT2D eigenvalue weighted by molar-refractivity contribution is 0.0691. The van der Waals surface area contributed by atoms with Crippen LogP contribution in [-0.4, -0.2) is 25.6 Å². The van der Waals surface area contributed by atoms with Gasteiger partial charge in [0, 0.05) is 23.1 Å². The zero-order chi connectivity index (χ0) is 22.4. The molecular formula is C24H19BrN4O3. The number of carbonyl (C=O) groups is 1. The maximum Gasteiger partial charge on any atom is 0.354 e. The second kappa shape index (κ2) is 7.80. The van der Waals surface area contributed by atoms with E-state index in [4.69, 9.17) is 10.2 Å². The SMILES string of the molecule is CCc1nc2ccc(C(=O)O)nc2n1Cc1ccc2oc(-c3ccccc3N)c(Br)c2c1. The highest BCUT2D eigenvalue weighted by Gasteiger charge is 2.18. The van der Waals surface area contributed by atoms with Crippen molar-refractivity contribution in [2.24, 2.45) is 0 Å². The van der Waals surface area contributed by atoms with Crippen molar-refractivity contribution in [2.75, 3.05) is 5.73 Å². The predicted molar refractivity (Wildman–Crippen MR) is 127 cm³/mol. The average molecular weight is 491 g/mol. The molecule has 0 unspecified atom stereocenters. The summed E-state index contributed by atoms with van der Waals surface area (Å²) in [6, 6.07) is 16.7. The van der Waals surface area contributed by atoms with Crippen LogP contribution in [0.15, 0.2) is 63.5 Å². The number of carboxylic acid groups (broad SMARTS) is 1. The lowest BCUT2D eigenvalue weighted by atomic mass is 10.1. The number of aromatic carboxylic acids is 1. The quantitative estimate of drug-likeness (QED) is 0.315. The molecule has 3 aromatic heterocycles. The minimum Gasteiger partial charge on any atom is -0.477 e. The molecule has 0 aliphatic heterocycles. The molecule has 0 atom stereocenters. The highest BCUT2D eigenvalue weighted by molar-refractivity contribution is 9.10. The van der Waals surface area contributed by atoms with Gasteiger partial charge in [-0.2, -0.15) is 0 Å². The normalized spacial score (nSPS) is 11.4. The van der Waals surface area contributed by atoms with Gasteiger partial charge in [-0.05, 0) is 57.9 Å². The molecule has 0 saturated carbocycles. The summed E-state index contributed by atoms with van der Waals surface area (Å²) in [6.45, 7) is 2.52. The molecule has 7 nitrogen and oxygen atoms in total. The zero-order valence-corrected chi connectivity index (χ0v) is 18.8. The first-order valence-corrected chi connectivity index (χ1v) is 10.9. The first kappa shape index (κ1) is 20.3. The summed E-state index contributed by atoms with van der Waals surface area (Å²) >= 11 is 3.68. The van der Waals surface area contributed by atoms with E-state index in [1.165, 1.54) is 6.07 Å². The summed E-state index contributed by atoms with van der Waals surface area (Å²) < 4.78 is 8.89. The van der Waals surface area contributed by atoms with Crippen LogP contribution in [0, 0.1) is 0 Å². The van der Waals surface area contributed by atoms with Crippen LogP contribution >= 0.6 is 15.9 Å². The fourth-order valence-electron chi connectivity index (χ4n) is 3.88. The van der Waals surface area contributed by atoms with Crippen LogP contribution < -0.4 is 5.73 Å². The Balaban J connectivity index is 1.60. The molecule has 160 valence electrons. The Morgan fingerprint density at radius 2 is 1.97 bits per heavy atom. The lowest BCUT2D eigenvalue weighted by Crippen LogP contribution is -2.07. The van der Waals surface area contributed by atoms with Crippen molar-refractivity contribution in [3.8, 4) is 11.3 Å². The Hall–Kier alpha value is -3.65. The lowest BCUT2D eigenvalue weighted by Gasteiger charge is -2.08. The van der Waals surface area contributed by atoms with E-state index in [-0.39, 0.29) is 5.69 Å². The smallest absolute Gasteiger partial charge is 0.354 e. The summed E-state index contributed by atoms with van der Waals surface area (Å²) in [5.41, 5.74) is 10.6. The van der Waals surface area contributed by atoms with Gasteiger partial charge in [-0.3, -0.25) is 0 Å². The summed E-state index contributed by atoms with van der Waals surface area (Å²) in [5.74, 6) is 0.471. The van der Waals surface area contributed by atoms with Gasteiger partial charge in [-0.25, -0.2) is 14.8 Å². The molecule has 5 rings (SSSR count). The van der Waals surface area contributed by atoms with E-state index in [9.17, 15) is 9.90 Å². The van der Waals surface area contributed by atoms with E-state index in [0.717, 1.165) is 32.4 Å². The van der Waals surface area contributed by atoms with Gasteiger partial charge in [0.05, 0.1) is 11.0 Å². The Morgan fingerprint density at radius 1 is 1.16 bits per heavy atom. The number of nitrogens with zero attached hydrogens (tertiary/aromatic N) is 3. The highest BCUT2D eigenvalue weighted by atomic mass is 79.9. The summed E-state index contributed by atoms with van der Waals surface area (Å²) in [5, 5.41) is 10.3. The number of hydrogen-bond donors (Lipinski definition) is 2. The third kappa shape index (κ3) is 3.33. The van der Waals surface area contributed by atoms with Crippen molar-refractivity contribution in [1.82, 2.24) is 14.5 Å². The molecule has 2 aromatic carbocycles. The van der Waals surface area contributed by atoms with Crippen LogP contribution in [0.4, 0.5) is 5.69 Å². The Bertz CT molecular complexity index is 1500. The summed E-state index contributed by atoms with van der Waals surface area (Å²) in [6.07, 6.45) is 0.702. The van der Waals surface area contributed by atoms with E-state index in [0.29, 0.717) is 35.6 Å². The van der Waals surface area contributed by atoms with Gasteiger partial charge in [0.2, 0.25) is 0 Å². The number of hydrogen-bond acceptors (Lipinski definition) is 5. The molecule has 32 heavy (non-hydrogen) atoms. The number of rotatable bonds is 5. The molecule has 0 aliphatic rings. The van der Waals surface area contributed by atoms with Crippen molar-refractivity contribution >= 4 is 49.7 Å². The molecule has 3 heterocycles. The van der Waals surface area contributed by atoms with E-state index in [1.807, 2.05) is 47.9 Å². The number of furan rings is 1. The first-order valence-electron chi connectivity index (χ1n) is 10.1. The molecule has 3 N–H and O–H groups in total. The third-order valence-electron chi connectivity index (χ3n) is 5.44. The highest BCUT2D eigenvalue weighted by Crippen LogP contribution is 2.40. The van der Waals surface area contributed by atoms with Crippen LogP contribution in [0.2, 0.25) is 0 Å². The number of imidazole rings is 1. The number of nitrogen functional groups attached to an aromatic ring is 1. The first-order chi connectivity index (χ1) is 15.5. The third-order valence-corrected chi connectivity index (χ3v) is 6.23. The van der Waals surface area contributed by atoms with Crippen molar-refractivity contribution in [3.05, 3.63) is 76.2 Å². The van der Waals surface area contributed by atoms with Crippen molar-refractivity contribution in [1.29, 1.82) is 0 Å². The summed E-state index contributed by atoms with van der Waals surface area (Å²) in [4.78, 5) is 20.4. The number of halogens is 1. The van der Waals surface area contributed by atoms with Gasteiger partial charge in [0.1, 0.15) is 16.9 Å². The van der Waals surface area contributed by atoms with E-state index in [2.05, 4.69) is 32.0 Å². The van der Waals surface area contributed by atoms with E-state index in [1.54, 1.807) is 6.07 Å². The van der Waals surface area contributed by atoms with Gasteiger partial charge < -0.3 is 19.8 Å². The minimum atomic E-state index is -1.06. The number of aromatic nitrogens is 3. The van der Waals surface area contributed by atoms with Crippen LogP contribution in [0.5, 0.6) is 0 Å². The van der Waals surface area contributed by atoms with Gasteiger partial charge >= 0.3 is 5.97 Å². The molecule has 8 heteroatoms. The van der Waals surface area contributed by atoms with Crippen LogP contribution in [0.3, 0.4) is 0 Å². The van der Waals surface area contributed by atoms with Gasteiger partial charge in [0.15, 0.2) is 17.1 Å². The van der Waals surface area contributed by atoms with Crippen LogP contribution in [0.1, 0.15) is 28.8 Å². The molecule has 0 spiro atoms. The molecule has 5 aromatic rings. The number of para-hydroxylation sites is 1. The average Bonchev–Trinajstić information content (AvgIpc) is 3.31. The molecule has 0 bridgehead atoms. The maximum atomic E-state index is 11.4. The van der Waals surface area contributed by atoms with E-state index >= 15 is 0 Å². The standard InChI is InChI=1S/C24H19BrN4O3/c1-2-20-27-17-8-9-18(24(30)31)28-23(17)29(20)12-13-7-10-19-15(11-13)21(25)22(32-19)14-5-3-4-6-16(14)26/h3-11H,2,12,26H2,1H3,(H,30,31). The van der Waals surface area contributed by atoms with Gasteiger partial charge in [-0.1, -0.05) is 25.1 Å². The topological polar surface area (TPSA) is 107 Å². The number of carboxylic acids is 1. The van der Waals surface area contributed by atoms with Crippen LogP contribution in [-0.2, 0) is 13.0 Å². The second-order valence-corrected chi connectivity index (χ2v) is 8.27. The molecule has 0 radical (unpaired) electrons. The number of fused-ring (bicyclic) bond motifs is 2. The number of pyridine rings is 1. The number of aryl methyl sites for hydroxylation is 1. The fourth-order valence-corrected chi connectivity index (χ4v) is 4.48. The minimum absolute atomic E-state index is 0.000532. The molecule has 0 amide bonds. The molecule has 0 saturated heterocycles. The van der Waals surface area contributed by atoms with Crippen molar-refractivity contribution < 1.29 is 14.3 Å². The number of anilines is 1. The molecule has 0 aliphatic carbocycles. The monoisotopic (exact) mass is 490 g/mol. The molecular weight excluding hydrogens is 472 g/mol. The number of benzene rings is 2. The second-order valence-electron chi connectivity index (χ2n) is 7.48. The van der Waals surface area contributed by atoms with Crippen molar-refractivity contribution in [3.63, 3.8) is 0 Å².